The van der Waals surface area contributed by atoms with Gasteiger partial charge in [-0.15, -0.1) is 0 Å². The molecule has 2 aromatic heterocycles. The number of aromatic nitrogens is 2. The Morgan fingerprint density at radius 1 is 0.870 bits per heavy atom. The van der Waals surface area contributed by atoms with Gasteiger partial charge in [0.05, 0.1) is 0 Å². The average molecular weight is 500 g/mol. The molecule has 2 heterocycles. The molecule has 0 fully saturated rings. The van der Waals surface area contributed by atoms with Gasteiger partial charge in [-0.2, -0.15) is 0 Å². The third kappa shape index (κ3) is 5.64. The SMILES string of the molecule is O=[N+]([O-])c1ccc([S][Sn]([Cl])([Cl])[S]c2ccc([N+](=O)[O-])cn2)nc1. The van der Waals surface area contributed by atoms with E-state index in [1.165, 1.54) is 42.2 Å². The van der Waals surface area contributed by atoms with Crippen LogP contribution in [0.1, 0.15) is 0 Å². The molecule has 23 heavy (non-hydrogen) atoms. The molecule has 0 saturated carbocycles. The molecule has 0 saturated heterocycles. The second-order valence-corrected chi connectivity index (χ2v) is 36.1. The number of pyridine rings is 2. The van der Waals surface area contributed by atoms with Crippen LogP contribution in [0, 0.1) is 20.2 Å². The fraction of sp³-hybridized carbons (Fsp3) is 0. The van der Waals surface area contributed by atoms with Gasteiger partial charge in [0.2, 0.25) is 0 Å². The van der Waals surface area contributed by atoms with Crippen molar-refractivity contribution in [1.82, 2.24) is 9.97 Å². The first-order chi connectivity index (χ1) is 10.8. The minimum absolute atomic E-state index is 0.121. The van der Waals surface area contributed by atoms with E-state index in [1.54, 1.807) is 0 Å². The van der Waals surface area contributed by atoms with Gasteiger partial charge in [0.1, 0.15) is 0 Å². The first-order valence-corrected chi connectivity index (χ1v) is 21.6. The summed E-state index contributed by atoms with van der Waals surface area (Å²) in [4.78, 5) is 27.9. The molecule has 0 bridgehead atoms. The molecule has 0 radical (unpaired) electrons. The Morgan fingerprint density at radius 3 is 1.52 bits per heavy atom. The van der Waals surface area contributed by atoms with E-state index in [0.29, 0.717) is 10.1 Å². The maximum atomic E-state index is 10.6. The summed E-state index contributed by atoms with van der Waals surface area (Å²) in [6.07, 6.45) is 2.26. The van der Waals surface area contributed by atoms with E-state index in [2.05, 4.69) is 9.97 Å². The van der Waals surface area contributed by atoms with Gasteiger partial charge >= 0.3 is 147 Å². The number of rotatable bonds is 6. The number of hydrogen-bond donors (Lipinski definition) is 0. The minimum atomic E-state index is -3.75. The van der Waals surface area contributed by atoms with Gasteiger partial charge in [-0.25, -0.2) is 0 Å². The second kappa shape index (κ2) is 7.83. The van der Waals surface area contributed by atoms with Crippen LogP contribution in [0.4, 0.5) is 11.4 Å². The van der Waals surface area contributed by atoms with E-state index in [-0.39, 0.29) is 11.4 Å². The Kier molecular flexibility index (Phi) is 6.31. The zero-order chi connectivity index (χ0) is 17.0. The number of halogens is 2. The van der Waals surface area contributed by atoms with Crippen LogP contribution in [-0.4, -0.2) is 33.2 Å². The summed E-state index contributed by atoms with van der Waals surface area (Å²) in [5, 5.41) is 22.1. The maximum absolute atomic E-state index is 10.6. The van der Waals surface area contributed by atoms with Crippen molar-refractivity contribution in [2.45, 2.75) is 10.1 Å². The molecule has 13 heteroatoms. The first-order valence-electron chi connectivity index (χ1n) is 5.73. The van der Waals surface area contributed by atoms with Crippen molar-refractivity contribution < 1.29 is 9.85 Å². The van der Waals surface area contributed by atoms with Crippen molar-refractivity contribution in [1.29, 1.82) is 0 Å². The molecule has 0 aliphatic heterocycles. The molecular weight excluding hydrogens is 494 g/mol. The molecule has 0 amide bonds. The summed E-state index contributed by atoms with van der Waals surface area (Å²) in [5.41, 5.74) is -0.243. The molecule has 0 aliphatic carbocycles. The van der Waals surface area contributed by atoms with Gasteiger partial charge in [-0.3, -0.25) is 0 Å². The van der Waals surface area contributed by atoms with E-state index in [1.807, 2.05) is 0 Å². The molecule has 2 rings (SSSR count). The topological polar surface area (TPSA) is 112 Å². The quantitative estimate of drug-likeness (QED) is 0.332. The average Bonchev–Trinajstić information content (AvgIpc) is 2.47. The summed E-state index contributed by atoms with van der Waals surface area (Å²) in [6, 6.07) is 5.59. The number of nitro groups is 2. The van der Waals surface area contributed by atoms with E-state index in [4.69, 9.17) is 17.8 Å². The van der Waals surface area contributed by atoms with Gasteiger partial charge in [-0.05, 0) is 0 Å². The zero-order valence-electron chi connectivity index (χ0n) is 11.0. The van der Waals surface area contributed by atoms with Gasteiger partial charge in [0.15, 0.2) is 0 Å². The Hall–Kier alpha value is -0.821. The molecule has 8 nitrogen and oxygen atoms in total. The fourth-order valence-electron chi connectivity index (χ4n) is 1.35. The zero-order valence-corrected chi connectivity index (χ0v) is 17.0. The monoisotopic (exact) mass is 500 g/mol. The van der Waals surface area contributed by atoms with Crippen molar-refractivity contribution >= 4 is 60.5 Å². The Balaban J connectivity index is 2.06. The summed E-state index contributed by atoms with van der Waals surface area (Å²) < 4.78 is 0. The molecule has 0 unspecified atom stereocenters. The summed E-state index contributed by atoms with van der Waals surface area (Å²) in [6.45, 7) is 0. The van der Waals surface area contributed by atoms with E-state index < -0.39 is 23.2 Å². The standard InChI is InChI=1S/2C5H4N2O2S.2ClH.Sn/c2*8-7(9)4-1-2-5(10)6-3-4;;;/h2*1-3H,(H,6,10);2*1H;/q;;;;+4/p-4. The molecule has 0 aliphatic rings. The summed E-state index contributed by atoms with van der Waals surface area (Å²) in [7, 11) is 15.1. The van der Waals surface area contributed by atoms with Crippen LogP contribution in [0.2, 0.25) is 0 Å². The Bertz CT molecular complexity index is 671. The van der Waals surface area contributed by atoms with Crippen LogP contribution in [0.3, 0.4) is 0 Å². The van der Waals surface area contributed by atoms with Crippen LogP contribution in [-0.2, 0) is 0 Å². The molecule has 0 spiro atoms. The van der Waals surface area contributed by atoms with Crippen molar-refractivity contribution in [3.63, 3.8) is 0 Å². The fourth-order valence-corrected chi connectivity index (χ4v) is 19.6. The predicted molar refractivity (Wildman–Crippen MR) is 91.0 cm³/mol. The van der Waals surface area contributed by atoms with Crippen LogP contribution in [0.5, 0.6) is 0 Å². The van der Waals surface area contributed by atoms with Gasteiger partial charge < -0.3 is 0 Å². The van der Waals surface area contributed by atoms with Crippen molar-refractivity contribution in [2.24, 2.45) is 0 Å². The molecular formula is C10H6Cl2N4O4S2Sn. The molecule has 120 valence electrons. The number of nitrogens with zero attached hydrogens (tertiary/aromatic N) is 4. The third-order valence-electron chi connectivity index (χ3n) is 2.31. The molecule has 0 aromatic carbocycles. The summed E-state index contributed by atoms with van der Waals surface area (Å²) >= 11 is -3.75. The molecule has 2 aromatic rings. The van der Waals surface area contributed by atoms with E-state index in [0.717, 1.165) is 12.4 Å². The second-order valence-electron chi connectivity index (χ2n) is 3.89. The van der Waals surface area contributed by atoms with Crippen molar-refractivity contribution in [2.75, 3.05) is 0 Å². The van der Waals surface area contributed by atoms with Crippen LogP contribution in [0.15, 0.2) is 46.7 Å². The van der Waals surface area contributed by atoms with Gasteiger partial charge in [-0.1, -0.05) is 0 Å². The van der Waals surface area contributed by atoms with E-state index in [9.17, 15) is 20.2 Å². The van der Waals surface area contributed by atoms with Gasteiger partial charge in [0.25, 0.3) is 0 Å². The van der Waals surface area contributed by atoms with Crippen molar-refractivity contribution in [3.05, 3.63) is 56.9 Å². The van der Waals surface area contributed by atoms with Crippen LogP contribution >= 0.6 is 35.7 Å². The third-order valence-corrected chi connectivity index (χ3v) is 20.9. The molecule has 0 atom stereocenters. The number of hydrogen-bond acceptors (Lipinski definition) is 8. The summed E-state index contributed by atoms with van der Waals surface area (Å²) in [5.74, 6) is 0. The normalized spacial score (nSPS) is 11.2. The molecule has 0 N–H and O–H groups in total. The Labute approximate surface area is 146 Å². The van der Waals surface area contributed by atoms with Crippen LogP contribution < -0.4 is 0 Å². The van der Waals surface area contributed by atoms with Crippen molar-refractivity contribution in [3.8, 4) is 0 Å². The first kappa shape index (κ1) is 18.5. The van der Waals surface area contributed by atoms with Gasteiger partial charge in [0, 0.05) is 0 Å². The Morgan fingerprint density at radius 2 is 1.26 bits per heavy atom. The predicted octanol–water partition coefficient (Wildman–Crippen LogP) is 4.09. The van der Waals surface area contributed by atoms with Crippen LogP contribution in [0.25, 0.3) is 0 Å². The van der Waals surface area contributed by atoms with E-state index >= 15 is 0 Å².